The van der Waals surface area contributed by atoms with Crippen molar-refractivity contribution in [2.45, 2.75) is 38.8 Å². The molecule has 0 aliphatic carbocycles. The van der Waals surface area contributed by atoms with E-state index in [1.807, 2.05) is 0 Å². The first kappa shape index (κ1) is 18.2. The SMILES string of the molecule is CCC(C)c1c(F)c(F)c(OC(=O)CC(F)(F)F)c(F)c1F. The molecule has 0 saturated carbocycles. The Bertz CT molecular complexity index is 552. The molecule has 1 atom stereocenters. The lowest BCUT2D eigenvalue weighted by Gasteiger charge is -2.15. The number of alkyl halides is 3. The van der Waals surface area contributed by atoms with E-state index in [4.69, 9.17) is 0 Å². The molecular weight excluding hydrogens is 321 g/mol. The highest BCUT2D eigenvalue weighted by atomic mass is 19.4. The van der Waals surface area contributed by atoms with Crippen LogP contribution in [0, 0.1) is 23.3 Å². The molecule has 2 nitrogen and oxygen atoms in total. The summed E-state index contributed by atoms with van der Waals surface area (Å²) in [5, 5.41) is 0. The van der Waals surface area contributed by atoms with Crippen LogP contribution in [-0.2, 0) is 4.79 Å². The summed E-state index contributed by atoms with van der Waals surface area (Å²) in [5.74, 6) is -12.5. The normalized spacial score (nSPS) is 13.1. The van der Waals surface area contributed by atoms with Crippen LogP contribution in [0.5, 0.6) is 5.75 Å². The summed E-state index contributed by atoms with van der Waals surface area (Å²) in [4.78, 5) is 10.9. The average Bonchev–Trinajstić information content (AvgIpc) is 2.39. The van der Waals surface area contributed by atoms with Crippen molar-refractivity contribution >= 4 is 5.97 Å². The lowest BCUT2D eigenvalue weighted by molar-refractivity contribution is -0.164. The molecule has 1 aromatic rings. The average molecular weight is 332 g/mol. The number of benzene rings is 1. The molecule has 0 aliphatic rings. The predicted octanol–water partition coefficient (Wildman–Crippen LogP) is 4.61. The summed E-state index contributed by atoms with van der Waals surface area (Å²) in [5.41, 5.74) is -0.895. The maximum absolute atomic E-state index is 13.7. The Hall–Kier alpha value is -1.80. The van der Waals surface area contributed by atoms with Gasteiger partial charge in [0.05, 0.1) is 0 Å². The molecule has 9 heteroatoms. The molecule has 124 valence electrons. The van der Waals surface area contributed by atoms with Gasteiger partial charge in [0.2, 0.25) is 17.4 Å². The lowest BCUT2D eigenvalue weighted by Crippen LogP contribution is -2.21. The van der Waals surface area contributed by atoms with E-state index in [1.165, 1.54) is 13.8 Å². The van der Waals surface area contributed by atoms with E-state index in [1.54, 1.807) is 0 Å². The molecule has 22 heavy (non-hydrogen) atoms. The van der Waals surface area contributed by atoms with Crippen LogP contribution in [0.25, 0.3) is 0 Å². The third-order valence-corrected chi connectivity index (χ3v) is 2.92. The first-order valence-electron chi connectivity index (χ1n) is 6.12. The Morgan fingerprint density at radius 1 is 1.05 bits per heavy atom. The Labute approximate surface area is 120 Å². The van der Waals surface area contributed by atoms with E-state index in [0.717, 1.165) is 0 Å². The van der Waals surface area contributed by atoms with Gasteiger partial charge in [-0.15, -0.1) is 0 Å². The van der Waals surface area contributed by atoms with Gasteiger partial charge in [0.25, 0.3) is 0 Å². The third-order valence-electron chi connectivity index (χ3n) is 2.92. The van der Waals surface area contributed by atoms with E-state index in [-0.39, 0.29) is 6.42 Å². The smallest absolute Gasteiger partial charge is 0.399 e. The van der Waals surface area contributed by atoms with Crippen molar-refractivity contribution in [3.05, 3.63) is 28.8 Å². The van der Waals surface area contributed by atoms with Gasteiger partial charge in [0.15, 0.2) is 11.6 Å². The molecule has 0 saturated heterocycles. The van der Waals surface area contributed by atoms with Crippen LogP contribution in [0.3, 0.4) is 0 Å². The van der Waals surface area contributed by atoms with Gasteiger partial charge in [-0.05, 0) is 12.3 Å². The van der Waals surface area contributed by atoms with Crippen LogP contribution in [0.15, 0.2) is 0 Å². The van der Waals surface area contributed by atoms with Crippen LogP contribution in [0.1, 0.15) is 38.2 Å². The molecule has 0 radical (unpaired) electrons. The number of halogens is 7. The van der Waals surface area contributed by atoms with Crippen molar-refractivity contribution in [3.63, 3.8) is 0 Å². The summed E-state index contributed by atoms with van der Waals surface area (Å²) >= 11 is 0. The molecule has 1 aromatic carbocycles. The van der Waals surface area contributed by atoms with Gasteiger partial charge < -0.3 is 4.74 Å². The van der Waals surface area contributed by atoms with Crippen LogP contribution in [0.2, 0.25) is 0 Å². The van der Waals surface area contributed by atoms with Crippen molar-refractivity contribution in [1.29, 1.82) is 0 Å². The Morgan fingerprint density at radius 3 is 1.86 bits per heavy atom. The van der Waals surface area contributed by atoms with Crippen molar-refractivity contribution < 1.29 is 40.3 Å². The van der Waals surface area contributed by atoms with Crippen molar-refractivity contribution in [2.75, 3.05) is 0 Å². The van der Waals surface area contributed by atoms with Gasteiger partial charge in [-0.2, -0.15) is 22.0 Å². The topological polar surface area (TPSA) is 26.3 Å². The third kappa shape index (κ3) is 3.89. The summed E-state index contributed by atoms with van der Waals surface area (Å²) in [6.07, 6.45) is -6.99. The fourth-order valence-electron chi connectivity index (χ4n) is 1.67. The molecular formula is C13H11F7O2. The standard InChI is InChI=1S/C13H11F7O2/c1-3-5(2)7-8(14)10(16)12(11(17)9(7)15)22-6(21)4-13(18,19)20/h5H,3-4H2,1-2H3. The summed E-state index contributed by atoms with van der Waals surface area (Å²) < 4.78 is 94.4. The largest absolute Gasteiger partial charge is 0.420 e. The predicted molar refractivity (Wildman–Crippen MR) is 61.3 cm³/mol. The number of carbonyl (C=O) groups excluding carboxylic acids is 1. The van der Waals surface area contributed by atoms with Crippen molar-refractivity contribution in [3.8, 4) is 5.75 Å². The molecule has 1 unspecified atom stereocenters. The minimum Gasteiger partial charge on any atom is -0.420 e. The Balaban J connectivity index is 3.26. The number of carbonyl (C=O) groups is 1. The zero-order valence-electron chi connectivity index (χ0n) is 11.5. The van der Waals surface area contributed by atoms with Crippen LogP contribution >= 0.6 is 0 Å². The zero-order valence-corrected chi connectivity index (χ0v) is 11.5. The second kappa shape index (κ2) is 6.53. The first-order valence-corrected chi connectivity index (χ1v) is 6.12. The highest BCUT2D eigenvalue weighted by Gasteiger charge is 2.35. The minimum absolute atomic E-state index is 0.153. The number of esters is 1. The molecule has 0 N–H and O–H groups in total. The van der Waals surface area contributed by atoms with Gasteiger partial charge in [0.1, 0.15) is 6.42 Å². The van der Waals surface area contributed by atoms with Crippen molar-refractivity contribution in [2.24, 2.45) is 0 Å². The van der Waals surface area contributed by atoms with E-state index >= 15 is 0 Å². The fraction of sp³-hybridized carbons (Fsp3) is 0.462. The van der Waals surface area contributed by atoms with E-state index in [0.29, 0.717) is 0 Å². The summed E-state index contributed by atoms with van der Waals surface area (Å²) in [6.45, 7) is 2.81. The molecule has 0 aliphatic heterocycles. The second-order valence-electron chi connectivity index (χ2n) is 4.57. The fourth-order valence-corrected chi connectivity index (χ4v) is 1.67. The van der Waals surface area contributed by atoms with Crippen LogP contribution in [0.4, 0.5) is 30.7 Å². The monoisotopic (exact) mass is 332 g/mol. The Kier molecular flexibility index (Phi) is 5.42. The van der Waals surface area contributed by atoms with Crippen molar-refractivity contribution in [1.82, 2.24) is 0 Å². The van der Waals surface area contributed by atoms with E-state index in [2.05, 4.69) is 4.74 Å². The molecule has 0 amide bonds. The highest BCUT2D eigenvalue weighted by molar-refractivity contribution is 5.73. The van der Waals surface area contributed by atoms with Gasteiger partial charge >= 0.3 is 12.1 Å². The zero-order chi connectivity index (χ0) is 17.2. The quantitative estimate of drug-likeness (QED) is 0.348. The summed E-state index contributed by atoms with van der Waals surface area (Å²) in [6, 6.07) is 0. The molecule has 0 spiro atoms. The maximum Gasteiger partial charge on any atom is 0.399 e. The van der Waals surface area contributed by atoms with Gasteiger partial charge in [-0.3, -0.25) is 4.79 Å². The number of rotatable bonds is 4. The van der Waals surface area contributed by atoms with Gasteiger partial charge in [0, 0.05) is 5.56 Å². The van der Waals surface area contributed by atoms with Gasteiger partial charge in [-0.25, -0.2) is 8.78 Å². The second-order valence-corrected chi connectivity index (χ2v) is 4.57. The lowest BCUT2D eigenvalue weighted by atomic mass is 9.96. The van der Waals surface area contributed by atoms with E-state index in [9.17, 15) is 35.5 Å². The molecule has 0 heterocycles. The highest BCUT2D eigenvalue weighted by Crippen LogP contribution is 2.35. The summed E-state index contributed by atoms with van der Waals surface area (Å²) in [7, 11) is 0. The minimum atomic E-state index is -4.99. The molecule has 0 bridgehead atoms. The van der Waals surface area contributed by atoms with Crippen LogP contribution in [-0.4, -0.2) is 12.1 Å². The Morgan fingerprint density at radius 2 is 1.50 bits per heavy atom. The molecule has 1 rings (SSSR count). The van der Waals surface area contributed by atoms with E-state index < -0.39 is 59.1 Å². The van der Waals surface area contributed by atoms with Gasteiger partial charge in [-0.1, -0.05) is 13.8 Å². The maximum atomic E-state index is 13.7. The number of hydrogen-bond acceptors (Lipinski definition) is 2. The first-order chi connectivity index (χ1) is 9.99. The molecule has 0 fully saturated rings. The molecule has 0 aromatic heterocycles. The van der Waals surface area contributed by atoms with Crippen LogP contribution < -0.4 is 4.74 Å². The number of hydrogen-bond donors (Lipinski definition) is 0. The number of ether oxygens (including phenoxy) is 1.